The molecule has 0 aliphatic rings. The van der Waals surface area contributed by atoms with Gasteiger partial charge in [0.1, 0.15) is 23.8 Å². The van der Waals surface area contributed by atoms with Crippen molar-refractivity contribution in [2.75, 3.05) is 37.3 Å². The van der Waals surface area contributed by atoms with Gasteiger partial charge in [-0.05, 0) is 61.0 Å². The molecular formula is C26H26N6O4. The molecule has 0 saturated heterocycles. The monoisotopic (exact) mass is 486 g/mol. The fraction of sp³-hybridized carbons (Fsp3) is 0.154. The molecule has 2 aromatic carbocycles. The van der Waals surface area contributed by atoms with Crippen LogP contribution in [-0.4, -0.2) is 42.2 Å². The summed E-state index contributed by atoms with van der Waals surface area (Å²) >= 11 is 0. The molecule has 1 amide bonds. The van der Waals surface area contributed by atoms with Crippen LogP contribution in [-0.2, 0) is 0 Å². The molecule has 0 bridgehead atoms. The van der Waals surface area contributed by atoms with Gasteiger partial charge in [-0.25, -0.2) is 15.0 Å². The summed E-state index contributed by atoms with van der Waals surface area (Å²) in [6, 6.07) is 16.1. The van der Waals surface area contributed by atoms with E-state index in [0.717, 1.165) is 11.3 Å². The minimum atomic E-state index is -0.314. The van der Waals surface area contributed by atoms with E-state index in [1.54, 1.807) is 36.5 Å². The number of hydrogen-bond acceptors (Lipinski definition) is 9. The maximum absolute atomic E-state index is 12.8. The first kappa shape index (κ1) is 24.3. The number of aryl methyl sites for hydroxylation is 1. The third kappa shape index (κ3) is 5.79. The topological polar surface area (TPSA) is 120 Å². The number of anilines is 5. The Morgan fingerprint density at radius 2 is 1.33 bits per heavy atom. The van der Waals surface area contributed by atoms with Crippen molar-refractivity contribution in [2.45, 2.75) is 6.92 Å². The van der Waals surface area contributed by atoms with Crippen LogP contribution >= 0.6 is 0 Å². The van der Waals surface area contributed by atoms with Crippen molar-refractivity contribution in [1.29, 1.82) is 0 Å². The van der Waals surface area contributed by atoms with Crippen molar-refractivity contribution in [1.82, 2.24) is 15.0 Å². The van der Waals surface area contributed by atoms with E-state index in [0.29, 0.717) is 46.0 Å². The van der Waals surface area contributed by atoms with E-state index < -0.39 is 0 Å². The quantitative estimate of drug-likeness (QED) is 0.302. The Morgan fingerprint density at radius 1 is 0.722 bits per heavy atom. The predicted molar refractivity (Wildman–Crippen MR) is 138 cm³/mol. The molecule has 0 aliphatic carbocycles. The molecule has 184 valence electrons. The van der Waals surface area contributed by atoms with E-state index in [2.05, 4.69) is 30.9 Å². The second kappa shape index (κ2) is 11.0. The largest absolute Gasteiger partial charge is 0.493 e. The third-order valence-corrected chi connectivity index (χ3v) is 5.18. The van der Waals surface area contributed by atoms with Gasteiger partial charge >= 0.3 is 0 Å². The van der Waals surface area contributed by atoms with E-state index in [4.69, 9.17) is 14.2 Å². The molecule has 0 saturated carbocycles. The van der Waals surface area contributed by atoms with Gasteiger partial charge in [0.2, 0.25) is 5.75 Å². The lowest BCUT2D eigenvalue weighted by atomic mass is 10.1. The summed E-state index contributed by atoms with van der Waals surface area (Å²) in [7, 11) is 4.51. The first-order chi connectivity index (χ1) is 17.5. The van der Waals surface area contributed by atoms with Crippen molar-refractivity contribution < 1.29 is 19.0 Å². The molecule has 0 spiro atoms. The lowest BCUT2D eigenvalue weighted by molar-refractivity contribution is 0.102. The molecule has 0 unspecified atom stereocenters. The number of benzene rings is 2. The van der Waals surface area contributed by atoms with E-state index in [1.807, 2.05) is 31.2 Å². The third-order valence-electron chi connectivity index (χ3n) is 5.18. The second-order valence-electron chi connectivity index (χ2n) is 7.70. The van der Waals surface area contributed by atoms with E-state index in [9.17, 15) is 4.79 Å². The Balaban J connectivity index is 1.42. The Bertz CT molecular complexity index is 1340. The number of aromatic nitrogens is 3. The number of methoxy groups -OCH3 is 3. The van der Waals surface area contributed by atoms with Crippen molar-refractivity contribution in [3.05, 3.63) is 78.2 Å². The fourth-order valence-electron chi connectivity index (χ4n) is 3.43. The first-order valence-corrected chi connectivity index (χ1v) is 11.0. The van der Waals surface area contributed by atoms with E-state index in [-0.39, 0.29) is 5.91 Å². The van der Waals surface area contributed by atoms with Crippen LogP contribution in [0.15, 0.2) is 67.1 Å². The van der Waals surface area contributed by atoms with Crippen LogP contribution in [0.5, 0.6) is 17.2 Å². The molecule has 3 N–H and O–H groups in total. The van der Waals surface area contributed by atoms with Crippen LogP contribution in [0.4, 0.5) is 28.8 Å². The molecule has 10 heteroatoms. The highest BCUT2D eigenvalue weighted by molar-refractivity contribution is 6.05. The summed E-state index contributed by atoms with van der Waals surface area (Å²) in [6.45, 7) is 2.00. The number of rotatable bonds is 9. The lowest BCUT2D eigenvalue weighted by Crippen LogP contribution is -2.12. The van der Waals surface area contributed by atoms with Crippen molar-refractivity contribution in [2.24, 2.45) is 0 Å². The summed E-state index contributed by atoms with van der Waals surface area (Å²) in [5.74, 6) is 2.83. The van der Waals surface area contributed by atoms with Crippen LogP contribution < -0.4 is 30.2 Å². The van der Waals surface area contributed by atoms with Crippen LogP contribution in [0.2, 0.25) is 0 Å². The molecular weight excluding hydrogens is 460 g/mol. The molecule has 2 heterocycles. The number of ether oxygens (including phenoxy) is 3. The fourth-order valence-corrected chi connectivity index (χ4v) is 3.43. The Morgan fingerprint density at radius 3 is 1.94 bits per heavy atom. The summed E-state index contributed by atoms with van der Waals surface area (Å²) in [5.41, 5.74) is 2.88. The molecule has 4 aromatic rings. The molecule has 10 nitrogen and oxygen atoms in total. The lowest BCUT2D eigenvalue weighted by Gasteiger charge is -2.14. The number of amides is 1. The SMILES string of the molecule is COc1cc(C(=O)Nc2ccc(Nc3cc(Nc4cc(C)ccn4)ncn3)cc2)cc(OC)c1OC. The summed E-state index contributed by atoms with van der Waals surface area (Å²) in [6.07, 6.45) is 3.20. The summed E-state index contributed by atoms with van der Waals surface area (Å²) in [5, 5.41) is 9.26. The Labute approximate surface area is 208 Å². The Kier molecular flexibility index (Phi) is 7.45. The van der Waals surface area contributed by atoms with Gasteiger partial charge in [0, 0.05) is 29.2 Å². The van der Waals surface area contributed by atoms with Gasteiger partial charge in [0.05, 0.1) is 21.3 Å². The highest BCUT2D eigenvalue weighted by atomic mass is 16.5. The van der Waals surface area contributed by atoms with Crippen LogP contribution in [0.3, 0.4) is 0 Å². The first-order valence-electron chi connectivity index (χ1n) is 11.0. The number of carbonyl (C=O) groups is 1. The minimum Gasteiger partial charge on any atom is -0.493 e. The molecule has 0 radical (unpaired) electrons. The number of carbonyl (C=O) groups excluding carboxylic acids is 1. The zero-order valence-electron chi connectivity index (χ0n) is 20.3. The number of hydrogen-bond donors (Lipinski definition) is 3. The van der Waals surface area contributed by atoms with Crippen molar-refractivity contribution >= 4 is 34.7 Å². The zero-order valence-corrected chi connectivity index (χ0v) is 20.3. The molecule has 36 heavy (non-hydrogen) atoms. The molecule has 0 fully saturated rings. The summed E-state index contributed by atoms with van der Waals surface area (Å²) in [4.78, 5) is 25.6. The standard InChI is InChI=1S/C26H26N6O4/c1-16-9-10-27-22(11-16)32-24-14-23(28-15-29-24)30-18-5-7-19(8-6-18)31-26(33)17-12-20(34-2)25(36-4)21(13-17)35-3/h5-15H,1-4H3,(H,31,33)(H2,27,28,29,30,32). The summed E-state index contributed by atoms with van der Waals surface area (Å²) < 4.78 is 16.0. The zero-order chi connectivity index (χ0) is 25.5. The predicted octanol–water partition coefficient (Wildman–Crippen LogP) is 4.95. The highest BCUT2D eigenvalue weighted by Crippen LogP contribution is 2.38. The molecule has 4 rings (SSSR count). The maximum Gasteiger partial charge on any atom is 0.255 e. The van der Waals surface area contributed by atoms with Gasteiger partial charge in [-0.3, -0.25) is 4.79 Å². The van der Waals surface area contributed by atoms with Crippen LogP contribution in [0, 0.1) is 6.92 Å². The number of nitrogens with one attached hydrogen (secondary N) is 3. The van der Waals surface area contributed by atoms with Gasteiger partial charge in [-0.1, -0.05) is 0 Å². The van der Waals surface area contributed by atoms with E-state index >= 15 is 0 Å². The average Bonchev–Trinajstić information content (AvgIpc) is 2.89. The minimum absolute atomic E-state index is 0.314. The molecule has 0 aliphatic heterocycles. The molecule has 0 atom stereocenters. The van der Waals surface area contributed by atoms with E-state index in [1.165, 1.54) is 27.7 Å². The normalized spacial score (nSPS) is 10.3. The maximum atomic E-state index is 12.8. The number of pyridine rings is 1. The van der Waals surface area contributed by atoms with Crippen LogP contribution in [0.25, 0.3) is 0 Å². The van der Waals surface area contributed by atoms with Gasteiger partial charge < -0.3 is 30.2 Å². The highest BCUT2D eigenvalue weighted by Gasteiger charge is 2.17. The van der Waals surface area contributed by atoms with Gasteiger partial charge in [-0.15, -0.1) is 0 Å². The van der Waals surface area contributed by atoms with Gasteiger partial charge in [0.15, 0.2) is 11.5 Å². The van der Waals surface area contributed by atoms with Gasteiger partial charge in [0.25, 0.3) is 5.91 Å². The van der Waals surface area contributed by atoms with Crippen LogP contribution in [0.1, 0.15) is 15.9 Å². The molecule has 2 aromatic heterocycles. The second-order valence-corrected chi connectivity index (χ2v) is 7.70. The smallest absolute Gasteiger partial charge is 0.255 e. The van der Waals surface area contributed by atoms with Crippen molar-refractivity contribution in [3.8, 4) is 17.2 Å². The Hall–Kier alpha value is -4.86. The average molecular weight is 487 g/mol. The number of nitrogens with zero attached hydrogens (tertiary/aromatic N) is 3. The van der Waals surface area contributed by atoms with Gasteiger partial charge in [-0.2, -0.15) is 0 Å². The van der Waals surface area contributed by atoms with Crippen molar-refractivity contribution in [3.63, 3.8) is 0 Å².